The molecule has 0 spiro atoms. The Kier molecular flexibility index (Phi) is 15.3. The van der Waals surface area contributed by atoms with Crippen LogP contribution in [0.25, 0.3) is 0 Å². The van der Waals surface area contributed by atoms with Crippen molar-refractivity contribution >= 4 is 0 Å². The summed E-state index contributed by atoms with van der Waals surface area (Å²) in [5.74, 6) is 2.39. The summed E-state index contributed by atoms with van der Waals surface area (Å²) in [5, 5.41) is 0. The maximum absolute atomic E-state index is 6.81. The number of aryl methyl sites for hydroxylation is 1. The highest BCUT2D eigenvalue weighted by molar-refractivity contribution is 5.39. The third-order valence-electron chi connectivity index (χ3n) is 7.08. The van der Waals surface area contributed by atoms with Crippen molar-refractivity contribution in [2.75, 3.05) is 0 Å². The topological polar surface area (TPSA) is 52.0 Å². The zero-order chi connectivity index (χ0) is 24.7. The lowest BCUT2D eigenvalue weighted by Crippen LogP contribution is -2.47. The monoisotopic (exact) mass is 458 g/mol. The lowest BCUT2D eigenvalue weighted by Gasteiger charge is -2.29. The first-order valence-electron chi connectivity index (χ1n) is 14.3. The molecule has 1 aromatic rings. The van der Waals surface area contributed by atoms with Gasteiger partial charge in [-0.05, 0) is 73.0 Å². The van der Waals surface area contributed by atoms with Crippen LogP contribution in [0, 0.1) is 17.8 Å². The van der Waals surface area contributed by atoms with Crippen LogP contribution in [0.4, 0.5) is 0 Å². The zero-order valence-corrected chi connectivity index (χ0v) is 23.2. The molecule has 0 bridgehead atoms. The Hall–Kier alpha value is -0.860. The summed E-state index contributed by atoms with van der Waals surface area (Å²) in [6.45, 7) is 13.9. The molecule has 0 aromatic heterocycles. The minimum atomic E-state index is -0.710. The number of hydrogen-bond acceptors (Lipinski definition) is 2. The average molecular weight is 459 g/mol. The third-order valence-corrected chi connectivity index (χ3v) is 7.08. The van der Waals surface area contributed by atoms with Gasteiger partial charge in [0.1, 0.15) is 0 Å². The summed E-state index contributed by atoms with van der Waals surface area (Å²) in [6.07, 6.45) is 18.6. The van der Waals surface area contributed by atoms with Crippen molar-refractivity contribution in [1.29, 1.82) is 0 Å². The summed E-state index contributed by atoms with van der Waals surface area (Å²) in [7, 11) is 0. The van der Waals surface area contributed by atoms with Gasteiger partial charge in [0.25, 0.3) is 0 Å². The summed E-state index contributed by atoms with van der Waals surface area (Å²) in [4.78, 5) is 0. The minimum Gasteiger partial charge on any atom is -0.310 e. The first kappa shape index (κ1) is 30.2. The average Bonchev–Trinajstić information content (AvgIpc) is 2.72. The smallest absolute Gasteiger partial charge is 0.0902 e. The third kappa shape index (κ3) is 13.6. The number of benzene rings is 1. The quantitative estimate of drug-likeness (QED) is 0.161. The van der Waals surface area contributed by atoms with E-state index in [2.05, 4.69) is 59.7 Å². The van der Waals surface area contributed by atoms with Gasteiger partial charge in [-0.25, -0.2) is 0 Å². The summed E-state index contributed by atoms with van der Waals surface area (Å²) >= 11 is 0. The second-order valence-electron chi connectivity index (χ2n) is 12.0. The van der Waals surface area contributed by atoms with Crippen LogP contribution in [-0.4, -0.2) is 0 Å². The fourth-order valence-corrected chi connectivity index (χ4v) is 4.96. The van der Waals surface area contributed by atoms with Crippen LogP contribution >= 0.6 is 0 Å². The van der Waals surface area contributed by atoms with E-state index in [-0.39, 0.29) is 0 Å². The highest BCUT2D eigenvalue weighted by atomic mass is 15.0. The summed E-state index contributed by atoms with van der Waals surface area (Å²) in [5.41, 5.74) is 17.1. The van der Waals surface area contributed by atoms with Crippen molar-refractivity contribution in [3.05, 3.63) is 34.9 Å². The van der Waals surface area contributed by atoms with Gasteiger partial charge >= 0.3 is 0 Å². The van der Waals surface area contributed by atoms with E-state index < -0.39 is 5.66 Å². The maximum atomic E-state index is 6.81. The van der Waals surface area contributed by atoms with E-state index in [1.54, 1.807) is 0 Å². The molecular weight excluding hydrogens is 400 g/mol. The number of hydrogen-bond donors (Lipinski definition) is 2. The molecule has 1 rings (SSSR count). The van der Waals surface area contributed by atoms with E-state index in [0.717, 1.165) is 43.4 Å². The van der Waals surface area contributed by atoms with Gasteiger partial charge < -0.3 is 11.5 Å². The molecule has 192 valence electrons. The first-order chi connectivity index (χ1) is 15.6. The van der Waals surface area contributed by atoms with Crippen molar-refractivity contribution in [1.82, 2.24) is 0 Å². The van der Waals surface area contributed by atoms with Crippen LogP contribution in [0.15, 0.2) is 18.2 Å². The van der Waals surface area contributed by atoms with Crippen molar-refractivity contribution < 1.29 is 0 Å². The second kappa shape index (κ2) is 16.7. The molecule has 0 aliphatic rings. The lowest BCUT2D eigenvalue weighted by molar-refractivity contribution is 0.391. The van der Waals surface area contributed by atoms with Gasteiger partial charge in [-0.3, -0.25) is 0 Å². The van der Waals surface area contributed by atoms with Crippen molar-refractivity contribution in [2.45, 2.75) is 144 Å². The van der Waals surface area contributed by atoms with E-state index >= 15 is 0 Å². The molecule has 0 saturated heterocycles. The number of nitrogens with two attached hydrogens (primary N) is 2. The highest BCUT2D eigenvalue weighted by Crippen LogP contribution is 2.29. The zero-order valence-electron chi connectivity index (χ0n) is 23.2. The molecule has 0 aliphatic heterocycles. The molecular formula is C31H58N2. The molecule has 33 heavy (non-hydrogen) atoms. The number of unbranched alkanes of at least 4 members (excludes halogenated alkanes) is 6. The molecule has 0 amide bonds. The van der Waals surface area contributed by atoms with Gasteiger partial charge in [0.15, 0.2) is 0 Å². The van der Waals surface area contributed by atoms with Gasteiger partial charge in [-0.15, -0.1) is 0 Å². The SMILES string of the molecule is CC(C)CCCCCc1cccc(C(N)(N)CCCCCC(C)C)c1CCCCCC(C)C. The van der Waals surface area contributed by atoms with Crippen LogP contribution in [0.5, 0.6) is 0 Å². The molecule has 0 radical (unpaired) electrons. The molecule has 2 heteroatoms. The Balaban J connectivity index is 2.82. The molecule has 0 atom stereocenters. The predicted octanol–water partition coefficient (Wildman–Crippen LogP) is 8.88. The molecule has 0 saturated carbocycles. The van der Waals surface area contributed by atoms with E-state index in [4.69, 9.17) is 11.5 Å². The lowest BCUT2D eigenvalue weighted by atomic mass is 9.84. The summed E-state index contributed by atoms with van der Waals surface area (Å²) in [6, 6.07) is 6.77. The Labute approximate surface area is 207 Å². The van der Waals surface area contributed by atoms with Gasteiger partial charge in [0.2, 0.25) is 0 Å². The number of rotatable bonds is 19. The minimum absolute atomic E-state index is 0.710. The molecule has 0 fully saturated rings. The van der Waals surface area contributed by atoms with Gasteiger partial charge in [-0.1, -0.05) is 118 Å². The Morgan fingerprint density at radius 1 is 0.606 bits per heavy atom. The van der Waals surface area contributed by atoms with E-state index in [9.17, 15) is 0 Å². The molecule has 0 unspecified atom stereocenters. The fraction of sp³-hybridized carbons (Fsp3) is 0.806. The standard InChI is InChI=1S/C31H58N2/c1-25(2)17-10-7-13-20-28-21-16-23-30(29(28)22-14-8-11-18-26(3)4)31(32,33)24-15-9-12-19-27(5)6/h16,21,23,25-27H,7-15,17-20,22,24,32-33H2,1-6H3. The van der Waals surface area contributed by atoms with E-state index in [0.29, 0.717) is 0 Å². The van der Waals surface area contributed by atoms with E-state index in [1.807, 2.05) is 0 Å². The van der Waals surface area contributed by atoms with Gasteiger partial charge in [-0.2, -0.15) is 0 Å². The van der Waals surface area contributed by atoms with Crippen LogP contribution in [0.2, 0.25) is 0 Å². The normalized spacial score (nSPS) is 12.5. The summed E-state index contributed by atoms with van der Waals surface area (Å²) < 4.78 is 0. The van der Waals surface area contributed by atoms with Crippen LogP contribution in [0.1, 0.15) is 142 Å². The van der Waals surface area contributed by atoms with Crippen molar-refractivity contribution in [2.24, 2.45) is 29.2 Å². The van der Waals surface area contributed by atoms with Crippen molar-refractivity contribution in [3.8, 4) is 0 Å². The molecule has 1 aromatic carbocycles. The largest absolute Gasteiger partial charge is 0.310 e. The Morgan fingerprint density at radius 3 is 1.61 bits per heavy atom. The fourth-order valence-electron chi connectivity index (χ4n) is 4.96. The predicted molar refractivity (Wildman–Crippen MR) is 148 cm³/mol. The molecule has 2 nitrogen and oxygen atoms in total. The molecule has 0 heterocycles. The highest BCUT2D eigenvalue weighted by Gasteiger charge is 2.25. The maximum Gasteiger partial charge on any atom is 0.0902 e. The molecule has 4 N–H and O–H groups in total. The van der Waals surface area contributed by atoms with E-state index in [1.165, 1.54) is 87.3 Å². The van der Waals surface area contributed by atoms with Gasteiger partial charge in [0, 0.05) is 0 Å². The Morgan fingerprint density at radius 2 is 1.09 bits per heavy atom. The van der Waals surface area contributed by atoms with Crippen LogP contribution in [0.3, 0.4) is 0 Å². The van der Waals surface area contributed by atoms with Crippen LogP contribution in [-0.2, 0) is 18.5 Å². The first-order valence-corrected chi connectivity index (χ1v) is 14.3. The van der Waals surface area contributed by atoms with Gasteiger partial charge in [0.05, 0.1) is 5.66 Å². The molecule has 0 aliphatic carbocycles. The Bertz CT molecular complexity index is 615. The van der Waals surface area contributed by atoms with Crippen molar-refractivity contribution in [3.63, 3.8) is 0 Å². The van der Waals surface area contributed by atoms with Crippen LogP contribution < -0.4 is 11.5 Å². The second-order valence-corrected chi connectivity index (χ2v) is 12.0.